The Balaban J connectivity index is 2.14. The van der Waals surface area contributed by atoms with Crippen LogP contribution in [0.5, 0.6) is 0 Å². The van der Waals surface area contributed by atoms with Gasteiger partial charge in [0.1, 0.15) is 0 Å². The lowest BCUT2D eigenvalue weighted by Crippen LogP contribution is -2.36. The van der Waals surface area contributed by atoms with Crippen LogP contribution >= 0.6 is 0 Å². The molecule has 0 aliphatic carbocycles. The number of hydrogen-bond donors (Lipinski definition) is 0. The van der Waals surface area contributed by atoms with Crippen LogP contribution in [0.4, 0.5) is 4.39 Å². The zero-order valence-electron chi connectivity index (χ0n) is 6.89. The fourth-order valence-corrected chi connectivity index (χ4v) is 2.16. The van der Waals surface area contributed by atoms with Crippen LogP contribution in [0.15, 0.2) is 11.9 Å². The van der Waals surface area contributed by atoms with E-state index in [1.165, 1.54) is 6.42 Å². The van der Waals surface area contributed by atoms with Gasteiger partial charge in [-0.15, -0.1) is 0 Å². The van der Waals surface area contributed by atoms with Crippen molar-refractivity contribution in [2.45, 2.75) is 38.3 Å². The van der Waals surface area contributed by atoms with E-state index in [2.05, 4.69) is 11.8 Å². The van der Waals surface area contributed by atoms with Crippen LogP contribution in [0.25, 0.3) is 0 Å². The molecular weight excluding hydrogens is 141 g/mol. The molecule has 0 aromatic carbocycles. The van der Waals surface area contributed by atoms with Crippen LogP contribution < -0.4 is 0 Å². The summed E-state index contributed by atoms with van der Waals surface area (Å²) in [5, 5.41) is 0. The molecule has 2 heteroatoms. The third kappa shape index (κ3) is 1.20. The molecule has 11 heavy (non-hydrogen) atoms. The first-order valence-electron chi connectivity index (χ1n) is 4.39. The molecule has 2 aliphatic heterocycles. The summed E-state index contributed by atoms with van der Waals surface area (Å²) in [6, 6.07) is 1.09. The quantitative estimate of drug-likeness (QED) is 0.517. The molecule has 1 fully saturated rings. The maximum atomic E-state index is 12.8. The Morgan fingerprint density at radius 2 is 2.36 bits per heavy atom. The highest BCUT2D eigenvalue weighted by molar-refractivity contribution is 5.08. The maximum absolute atomic E-state index is 12.8. The minimum atomic E-state index is 0.0975. The second kappa shape index (κ2) is 2.59. The highest BCUT2D eigenvalue weighted by Gasteiger charge is 2.31. The van der Waals surface area contributed by atoms with E-state index in [1.54, 1.807) is 6.08 Å². The fourth-order valence-electron chi connectivity index (χ4n) is 2.16. The van der Waals surface area contributed by atoms with E-state index in [-0.39, 0.29) is 5.83 Å². The summed E-state index contributed by atoms with van der Waals surface area (Å²) in [5.74, 6) is 0.0975. The summed E-state index contributed by atoms with van der Waals surface area (Å²) in [6.45, 7) is 3.16. The standard InChI is InChI=1S/C9H14FN/c1-7-2-3-9-6-8(10)4-5-11(7)9/h6-7,9H,2-5H2,1H3. The molecule has 2 rings (SSSR count). The van der Waals surface area contributed by atoms with Crippen LogP contribution in [-0.4, -0.2) is 23.5 Å². The largest absolute Gasteiger partial charge is 0.294 e. The molecule has 1 saturated heterocycles. The first-order chi connectivity index (χ1) is 5.27. The molecule has 0 aromatic rings. The maximum Gasteiger partial charge on any atom is 0.0988 e. The minimum absolute atomic E-state index is 0.0975. The van der Waals surface area contributed by atoms with Crippen molar-refractivity contribution in [1.82, 2.24) is 4.90 Å². The van der Waals surface area contributed by atoms with Gasteiger partial charge in [-0.1, -0.05) is 0 Å². The van der Waals surface area contributed by atoms with Crippen molar-refractivity contribution < 1.29 is 4.39 Å². The fraction of sp³-hybridized carbons (Fsp3) is 0.778. The van der Waals surface area contributed by atoms with Crippen LogP contribution in [0, 0.1) is 0 Å². The monoisotopic (exact) mass is 155 g/mol. The van der Waals surface area contributed by atoms with Gasteiger partial charge in [0.05, 0.1) is 5.83 Å². The SMILES string of the molecule is CC1CCC2C=C(F)CCN12. The Morgan fingerprint density at radius 3 is 3.18 bits per heavy atom. The van der Waals surface area contributed by atoms with Crippen molar-refractivity contribution in [3.63, 3.8) is 0 Å². The normalized spacial score (nSPS) is 38.5. The van der Waals surface area contributed by atoms with E-state index in [0.29, 0.717) is 18.5 Å². The first kappa shape index (κ1) is 7.29. The Bertz CT molecular complexity index is 188. The number of hydrogen-bond acceptors (Lipinski definition) is 1. The Kier molecular flexibility index (Phi) is 1.72. The number of fused-ring (bicyclic) bond motifs is 1. The summed E-state index contributed by atoms with van der Waals surface area (Å²) >= 11 is 0. The van der Waals surface area contributed by atoms with Crippen molar-refractivity contribution >= 4 is 0 Å². The van der Waals surface area contributed by atoms with E-state index in [1.807, 2.05) is 0 Å². The lowest BCUT2D eigenvalue weighted by Gasteiger charge is -2.29. The average Bonchev–Trinajstić information content (AvgIpc) is 2.32. The number of nitrogens with zero attached hydrogens (tertiary/aromatic N) is 1. The molecule has 0 spiro atoms. The molecule has 2 heterocycles. The zero-order valence-corrected chi connectivity index (χ0v) is 6.89. The number of halogens is 1. The average molecular weight is 155 g/mol. The second-order valence-corrected chi connectivity index (χ2v) is 3.60. The third-order valence-corrected chi connectivity index (χ3v) is 2.85. The summed E-state index contributed by atoms with van der Waals surface area (Å²) < 4.78 is 12.8. The first-order valence-corrected chi connectivity index (χ1v) is 4.39. The van der Waals surface area contributed by atoms with Crippen molar-refractivity contribution in [3.8, 4) is 0 Å². The lowest BCUT2D eigenvalue weighted by atomic mass is 10.1. The van der Waals surface area contributed by atoms with E-state index in [0.717, 1.165) is 13.0 Å². The minimum Gasteiger partial charge on any atom is -0.294 e. The summed E-state index contributed by atoms with van der Waals surface area (Å²) in [6.07, 6.45) is 4.80. The van der Waals surface area contributed by atoms with Gasteiger partial charge in [0.15, 0.2) is 0 Å². The molecule has 1 nitrogen and oxygen atoms in total. The van der Waals surface area contributed by atoms with Gasteiger partial charge in [0.25, 0.3) is 0 Å². The summed E-state index contributed by atoms with van der Waals surface area (Å²) in [7, 11) is 0. The molecule has 0 saturated carbocycles. The van der Waals surface area contributed by atoms with Gasteiger partial charge in [0.2, 0.25) is 0 Å². The Morgan fingerprint density at radius 1 is 1.55 bits per heavy atom. The molecular formula is C9H14FN. The van der Waals surface area contributed by atoms with E-state index in [9.17, 15) is 4.39 Å². The molecule has 2 aliphatic rings. The topological polar surface area (TPSA) is 3.24 Å². The highest BCUT2D eigenvalue weighted by Crippen LogP contribution is 2.30. The van der Waals surface area contributed by atoms with Gasteiger partial charge in [-0.05, 0) is 25.8 Å². The van der Waals surface area contributed by atoms with Gasteiger partial charge in [0, 0.05) is 25.0 Å². The molecule has 0 N–H and O–H groups in total. The molecule has 2 atom stereocenters. The molecule has 0 amide bonds. The second-order valence-electron chi connectivity index (χ2n) is 3.60. The van der Waals surface area contributed by atoms with E-state index < -0.39 is 0 Å². The predicted molar refractivity (Wildman–Crippen MR) is 43.0 cm³/mol. The van der Waals surface area contributed by atoms with E-state index >= 15 is 0 Å². The molecule has 0 aromatic heterocycles. The molecule has 0 radical (unpaired) electrons. The Labute approximate surface area is 66.9 Å². The van der Waals surface area contributed by atoms with Crippen LogP contribution in [-0.2, 0) is 0 Å². The van der Waals surface area contributed by atoms with Gasteiger partial charge < -0.3 is 0 Å². The third-order valence-electron chi connectivity index (χ3n) is 2.85. The van der Waals surface area contributed by atoms with Crippen molar-refractivity contribution in [3.05, 3.63) is 11.9 Å². The number of rotatable bonds is 0. The van der Waals surface area contributed by atoms with Gasteiger partial charge in [-0.3, -0.25) is 4.90 Å². The van der Waals surface area contributed by atoms with Gasteiger partial charge in [-0.25, -0.2) is 4.39 Å². The summed E-state index contributed by atoms with van der Waals surface area (Å²) in [4.78, 5) is 2.41. The lowest BCUT2D eigenvalue weighted by molar-refractivity contribution is 0.212. The van der Waals surface area contributed by atoms with Crippen LogP contribution in [0.3, 0.4) is 0 Å². The van der Waals surface area contributed by atoms with Gasteiger partial charge >= 0.3 is 0 Å². The summed E-state index contributed by atoms with van der Waals surface area (Å²) in [5.41, 5.74) is 0. The molecule has 0 bridgehead atoms. The van der Waals surface area contributed by atoms with Crippen LogP contribution in [0.2, 0.25) is 0 Å². The van der Waals surface area contributed by atoms with E-state index in [4.69, 9.17) is 0 Å². The smallest absolute Gasteiger partial charge is 0.0988 e. The van der Waals surface area contributed by atoms with Crippen molar-refractivity contribution in [2.24, 2.45) is 0 Å². The van der Waals surface area contributed by atoms with Crippen molar-refractivity contribution in [1.29, 1.82) is 0 Å². The zero-order chi connectivity index (χ0) is 7.84. The molecule has 62 valence electrons. The highest BCUT2D eigenvalue weighted by atomic mass is 19.1. The van der Waals surface area contributed by atoms with Crippen LogP contribution in [0.1, 0.15) is 26.2 Å². The molecule has 2 unspecified atom stereocenters. The Hall–Kier alpha value is -0.370. The predicted octanol–water partition coefficient (Wildman–Crippen LogP) is 2.10. The van der Waals surface area contributed by atoms with Crippen molar-refractivity contribution in [2.75, 3.05) is 6.54 Å². The van der Waals surface area contributed by atoms with Gasteiger partial charge in [-0.2, -0.15) is 0 Å².